The van der Waals surface area contributed by atoms with Gasteiger partial charge in [0.05, 0.1) is 17.6 Å². The lowest BCUT2D eigenvalue weighted by Crippen LogP contribution is -2.14. The lowest BCUT2D eigenvalue weighted by Gasteiger charge is -2.07. The highest BCUT2D eigenvalue weighted by molar-refractivity contribution is 7.20. The molecule has 0 aliphatic heterocycles. The molecule has 8 heteroatoms. The fourth-order valence-electron chi connectivity index (χ4n) is 2.40. The summed E-state index contributed by atoms with van der Waals surface area (Å²) >= 11 is 1.15. The average molecular weight is 371 g/mol. The largest absolute Gasteiger partial charge is 0.496 e. The Kier molecular flexibility index (Phi) is 4.94. The fourth-order valence-corrected chi connectivity index (χ4v) is 3.34. The summed E-state index contributed by atoms with van der Waals surface area (Å²) < 4.78 is 10.9. The number of ketones is 1. The molecule has 0 fully saturated rings. The van der Waals surface area contributed by atoms with Gasteiger partial charge in [-0.1, -0.05) is 12.1 Å². The van der Waals surface area contributed by atoms with E-state index in [9.17, 15) is 19.7 Å². The summed E-state index contributed by atoms with van der Waals surface area (Å²) in [7, 11) is 1.45. The number of nitro benzene ring substituents is 1. The zero-order valence-corrected chi connectivity index (χ0v) is 14.4. The van der Waals surface area contributed by atoms with Crippen LogP contribution in [0.25, 0.3) is 10.1 Å². The van der Waals surface area contributed by atoms with Crippen LogP contribution in [0.2, 0.25) is 0 Å². The van der Waals surface area contributed by atoms with E-state index in [0.717, 1.165) is 16.0 Å². The minimum atomic E-state index is -0.655. The second-order valence-electron chi connectivity index (χ2n) is 5.29. The molecule has 132 valence electrons. The summed E-state index contributed by atoms with van der Waals surface area (Å²) in [6, 6.07) is 12.5. The molecule has 0 spiro atoms. The van der Waals surface area contributed by atoms with Gasteiger partial charge in [0.2, 0.25) is 5.78 Å². The van der Waals surface area contributed by atoms with Gasteiger partial charge < -0.3 is 9.47 Å². The van der Waals surface area contributed by atoms with Gasteiger partial charge in [-0.3, -0.25) is 14.9 Å². The quantitative estimate of drug-likeness (QED) is 0.283. The Morgan fingerprint density at radius 2 is 1.92 bits per heavy atom. The first kappa shape index (κ1) is 17.6. The number of ether oxygens (including phenoxy) is 2. The van der Waals surface area contributed by atoms with E-state index in [-0.39, 0.29) is 16.3 Å². The van der Waals surface area contributed by atoms with Crippen molar-refractivity contribution in [3.05, 3.63) is 69.1 Å². The number of non-ortho nitro benzene ring substituents is 1. The molecule has 2 aromatic carbocycles. The Morgan fingerprint density at radius 3 is 2.65 bits per heavy atom. The first-order chi connectivity index (χ1) is 12.5. The molecule has 1 heterocycles. The normalized spacial score (nSPS) is 10.5. The van der Waals surface area contributed by atoms with Gasteiger partial charge in [-0.2, -0.15) is 0 Å². The second kappa shape index (κ2) is 7.32. The number of benzene rings is 2. The number of nitro groups is 1. The number of Topliss-reactive ketones (excluding diaryl/α,β-unsaturated/α-hetero) is 1. The van der Waals surface area contributed by atoms with Crippen LogP contribution < -0.4 is 4.74 Å². The van der Waals surface area contributed by atoms with Crippen molar-refractivity contribution in [1.29, 1.82) is 0 Å². The molecular formula is C18H13NO6S. The molecule has 0 N–H and O–H groups in total. The molecule has 0 amide bonds. The van der Waals surface area contributed by atoms with E-state index in [1.54, 1.807) is 30.3 Å². The van der Waals surface area contributed by atoms with Crippen LogP contribution >= 0.6 is 11.3 Å². The summed E-state index contributed by atoms with van der Waals surface area (Å²) in [5.41, 5.74) is 0.274. The fraction of sp³-hybridized carbons (Fsp3) is 0.111. The van der Waals surface area contributed by atoms with Gasteiger partial charge in [0.1, 0.15) is 10.6 Å². The number of esters is 1. The number of carbonyl (C=O) groups excluding carboxylic acids is 2. The molecule has 0 aliphatic carbocycles. The minimum absolute atomic E-state index is 0.0541. The minimum Gasteiger partial charge on any atom is -0.496 e. The topological polar surface area (TPSA) is 95.7 Å². The van der Waals surface area contributed by atoms with E-state index in [1.165, 1.54) is 25.3 Å². The second-order valence-corrected chi connectivity index (χ2v) is 6.37. The molecule has 3 rings (SSSR count). The van der Waals surface area contributed by atoms with Crippen molar-refractivity contribution in [3.63, 3.8) is 0 Å². The van der Waals surface area contributed by atoms with Crippen LogP contribution in [0.4, 0.5) is 5.69 Å². The summed E-state index contributed by atoms with van der Waals surface area (Å²) in [5.74, 6) is -0.632. The molecule has 0 saturated heterocycles. The molecule has 0 bridgehead atoms. The van der Waals surface area contributed by atoms with E-state index in [1.807, 2.05) is 0 Å². The van der Waals surface area contributed by atoms with E-state index in [4.69, 9.17) is 9.47 Å². The molecule has 7 nitrogen and oxygen atoms in total. The third-order valence-corrected chi connectivity index (χ3v) is 4.75. The van der Waals surface area contributed by atoms with Crippen molar-refractivity contribution in [2.24, 2.45) is 0 Å². The number of nitrogens with zero attached hydrogens (tertiary/aromatic N) is 1. The van der Waals surface area contributed by atoms with E-state index in [2.05, 4.69) is 0 Å². The van der Waals surface area contributed by atoms with Gasteiger partial charge in [-0.05, 0) is 24.3 Å². The average Bonchev–Trinajstić information content (AvgIpc) is 3.09. The predicted octanol–water partition coefficient (Wildman–Crippen LogP) is 3.86. The van der Waals surface area contributed by atoms with Crippen molar-refractivity contribution in [2.75, 3.05) is 13.7 Å². The number of methoxy groups -OCH3 is 1. The van der Waals surface area contributed by atoms with Crippen LogP contribution in [0.3, 0.4) is 0 Å². The van der Waals surface area contributed by atoms with Crippen molar-refractivity contribution in [2.45, 2.75) is 0 Å². The zero-order valence-electron chi connectivity index (χ0n) is 13.6. The van der Waals surface area contributed by atoms with Gasteiger partial charge in [0.15, 0.2) is 6.61 Å². The molecule has 0 atom stereocenters. The summed E-state index contributed by atoms with van der Waals surface area (Å²) in [6.45, 7) is -0.423. The van der Waals surface area contributed by atoms with Gasteiger partial charge in [0, 0.05) is 22.2 Å². The van der Waals surface area contributed by atoms with Crippen molar-refractivity contribution < 1.29 is 24.0 Å². The number of carbonyl (C=O) groups is 2. The highest BCUT2D eigenvalue weighted by Crippen LogP contribution is 2.29. The molecule has 3 aromatic rings. The van der Waals surface area contributed by atoms with Crippen LogP contribution in [-0.4, -0.2) is 30.4 Å². The van der Waals surface area contributed by atoms with E-state index in [0.29, 0.717) is 16.7 Å². The molecule has 0 radical (unpaired) electrons. The summed E-state index contributed by atoms with van der Waals surface area (Å²) in [5, 5.41) is 11.4. The molecule has 0 saturated carbocycles. The van der Waals surface area contributed by atoms with Gasteiger partial charge in [0.25, 0.3) is 5.69 Å². The van der Waals surface area contributed by atoms with Crippen LogP contribution in [0.5, 0.6) is 5.75 Å². The third-order valence-electron chi connectivity index (χ3n) is 3.65. The maximum absolute atomic E-state index is 12.2. The lowest BCUT2D eigenvalue weighted by molar-refractivity contribution is -0.384. The summed E-state index contributed by atoms with van der Waals surface area (Å²) in [4.78, 5) is 35.0. The number of hydrogen-bond acceptors (Lipinski definition) is 7. The predicted molar refractivity (Wildman–Crippen MR) is 96.1 cm³/mol. The monoisotopic (exact) mass is 371 g/mol. The Morgan fingerprint density at radius 1 is 1.15 bits per heavy atom. The molecule has 0 aliphatic rings. The maximum atomic E-state index is 12.2. The molecule has 26 heavy (non-hydrogen) atoms. The zero-order chi connectivity index (χ0) is 18.7. The Balaban J connectivity index is 1.73. The Labute approximate surface area is 151 Å². The summed E-state index contributed by atoms with van der Waals surface area (Å²) in [6.07, 6.45) is 0. The lowest BCUT2D eigenvalue weighted by atomic mass is 10.1. The SMILES string of the molecule is COc1ccccc1C(=O)COC(=O)c1cc2cc([N+](=O)[O-])ccc2s1. The van der Waals surface area contributed by atoms with Crippen LogP contribution in [0.1, 0.15) is 20.0 Å². The number of thiophene rings is 1. The van der Waals surface area contributed by atoms with Gasteiger partial charge in [-0.25, -0.2) is 4.79 Å². The number of rotatable bonds is 6. The number of para-hydroxylation sites is 1. The van der Waals surface area contributed by atoms with Crippen LogP contribution in [0, 0.1) is 10.1 Å². The standard InChI is InChI=1S/C18H13NO6S/c1-24-15-5-3-2-4-13(15)14(20)10-25-18(21)17-9-11-8-12(19(22)23)6-7-16(11)26-17/h2-9H,10H2,1H3. The van der Waals surface area contributed by atoms with Gasteiger partial charge >= 0.3 is 5.97 Å². The Hall–Kier alpha value is -3.26. The van der Waals surface area contributed by atoms with Crippen molar-refractivity contribution in [1.82, 2.24) is 0 Å². The number of hydrogen-bond donors (Lipinski definition) is 0. The van der Waals surface area contributed by atoms with E-state index >= 15 is 0 Å². The molecule has 0 unspecified atom stereocenters. The highest BCUT2D eigenvalue weighted by Gasteiger charge is 2.17. The van der Waals surface area contributed by atoms with Crippen LogP contribution in [0.15, 0.2) is 48.5 Å². The maximum Gasteiger partial charge on any atom is 0.348 e. The van der Waals surface area contributed by atoms with Gasteiger partial charge in [-0.15, -0.1) is 11.3 Å². The third kappa shape index (κ3) is 3.55. The molecule has 1 aromatic heterocycles. The molecular weight excluding hydrogens is 358 g/mol. The highest BCUT2D eigenvalue weighted by atomic mass is 32.1. The Bertz CT molecular complexity index is 1010. The van der Waals surface area contributed by atoms with E-state index < -0.39 is 17.5 Å². The van der Waals surface area contributed by atoms with Crippen LogP contribution in [-0.2, 0) is 4.74 Å². The smallest absolute Gasteiger partial charge is 0.348 e. The van der Waals surface area contributed by atoms with Crippen molar-refractivity contribution in [3.8, 4) is 5.75 Å². The first-order valence-electron chi connectivity index (χ1n) is 7.51. The first-order valence-corrected chi connectivity index (χ1v) is 8.32. The van der Waals surface area contributed by atoms with Crippen molar-refractivity contribution >= 4 is 38.9 Å². The number of fused-ring (bicyclic) bond motifs is 1.